The number of nitrogens with zero attached hydrogens (tertiary/aromatic N) is 9. The number of fused-ring (bicyclic) bond motifs is 12. The zero-order valence-corrected chi connectivity index (χ0v) is 43.2. The minimum absolute atomic E-state index is 0.0223. The molecule has 18 nitrogen and oxygen atoms in total. The summed E-state index contributed by atoms with van der Waals surface area (Å²) in [5, 5.41) is 40.5. The molecule has 0 bridgehead atoms. The molecule has 0 saturated carbocycles. The van der Waals surface area contributed by atoms with E-state index in [2.05, 4.69) is 62.3 Å². The van der Waals surface area contributed by atoms with E-state index in [0.717, 1.165) is 49.8 Å². The van der Waals surface area contributed by atoms with Crippen LogP contribution in [0.4, 0.5) is 0 Å². The van der Waals surface area contributed by atoms with Crippen molar-refractivity contribution < 1.29 is 44.3 Å². The molecule has 12 rings (SSSR count). The largest absolute Gasteiger partial charge is 0.506 e. The number of benzene rings is 6. The molecule has 6 aromatic carbocycles. The molecule has 0 aliphatic rings. The maximum absolute atomic E-state index is 13.1. The number of aromatic carboxylic acids is 1. The van der Waals surface area contributed by atoms with E-state index in [1.165, 1.54) is 0 Å². The van der Waals surface area contributed by atoms with E-state index in [0.29, 0.717) is 28.2 Å². The van der Waals surface area contributed by atoms with E-state index in [-0.39, 0.29) is 52.3 Å². The number of esters is 2. The highest BCUT2D eigenvalue weighted by molar-refractivity contribution is 5.96. The van der Waals surface area contributed by atoms with E-state index in [1.807, 2.05) is 105 Å². The van der Waals surface area contributed by atoms with Gasteiger partial charge in [-0.15, -0.1) is 42.2 Å². The van der Waals surface area contributed by atoms with Crippen molar-refractivity contribution in [2.24, 2.45) is 5.41 Å². The molecule has 12 aromatic rings. The number of carbonyl (C=O) groups excluding carboxylic acids is 2. The van der Waals surface area contributed by atoms with E-state index in [9.17, 15) is 29.7 Å². The number of hydrogen-bond donors (Lipinski definition) is 4. The summed E-state index contributed by atoms with van der Waals surface area (Å²) in [7, 11) is 0. The SMILES string of the molecule is CC(C)(C)c1ccc(O)c(-n2n3c4ccc(C(=O)O)cc4n23)c1.CC(C)(COC(=O)c1ccc2c(c1)n1n(-c3cc(C(C)(C)C)ccc3O)n21)COC(=O)c1ccc2c(c1)n1n(-c3cc(C(C)(C)C)ccc3O)n21. The Kier molecular flexibility index (Phi) is 10.2. The van der Waals surface area contributed by atoms with Crippen LogP contribution in [0.3, 0.4) is 0 Å². The van der Waals surface area contributed by atoms with Gasteiger partial charge in [-0.3, -0.25) is 0 Å². The van der Waals surface area contributed by atoms with Crippen molar-refractivity contribution in [2.45, 2.75) is 92.4 Å². The molecule has 74 heavy (non-hydrogen) atoms. The first-order valence-corrected chi connectivity index (χ1v) is 24.4. The molecule has 0 aliphatic carbocycles. The van der Waals surface area contributed by atoms with Gasteiger partial charge in [0.05, 0.1) is 29.9 Å². The molecule has 0 aliphatic heterocycles. The molecule has 0 radical (unpaired) electrons. The monoisotopic (exact) mass is 1000 g/mol. The number of hydrogen-bond acceptors (Lipinski definition) is 8. The maximum atomic E-state index is 13.1. The standard InChI is InChI=1S/C39H42N6O6.C17H17N3O3/c1-37(2,3)25-11-15-33(46)31(19-25)44-40-27-13-9-23(17-29(27)42(40)44)35(48)50-21-39(7,8)22-51-36(49)24-10-14-28-30(18-24)43-41(28)45(43)32-20-26(38(4,5)6)12-16-34(32)47;1-17(2,3)11-5-7-15(21)14(9-11)20-18-12-6-4-10(16(22)23)8-13(12)19(18)20/h9-20,46-47H,21-22H2,1-8H3;4-9,21H,1-3H3,(H,22,23). The van der Waals surface area contributed by atoms with Crippen LogP contribution in [0, 0.1) is 5.41 Å². The Balaban J connectivity index is 0.000000212. The van der Waals surface area contributed by atoms with Gasteiger partial charge in [0.15, 0.2) is 0 Å². The van der Waals surface area contributed by atoms with Crippen molar-refractivity contribution in [3.63, 3.8) is 0 Å². The second-order valence-corrected chi connectivity index (χ2v) is 23.2. The number of rotatable bonds is 10. The Labute approximate surface area is 424 Å². The van der Waals surface area contributed by atoms with Crippen molar-refractivity contribution in [3.05, 3.63) is 143 Å². The van der Waals surface area contributed by atoms with Crippen molar-refractivity contribution in [2.75, 3.05) is 13.2 Å². The molecule has 0 spiro atoms. The summed E-state index contributed by atoms with van der Waals surface area (Å²) in [5.74, 6) is -1.37. The van der Waals surface area contributed by atoms with Crippen LogP contribution in [0.15, 0.2) is 109 Å². The zero-order valence-electron chi connectivity index (χ0n) is 43.2. The average Bonchev–Trinajstić information content (AvgIpc) is 4.27. The fourth-order valence-electron chi connectivity index (χ4n) is 9.21. The Bertz CT molecular complexity index is 3950. The second kappa shape index (κ2) is 15.9. The zero-order chi connectivity index (χ0) is 52.9. The highest BCUT2D eigenvalue weighted by atomic mass is 16.5. The maximum Gasteiger partial charge on any atom is 0.338 e. The lowest BCUT2D eigenvalue weighted by molar-refractivity contribution is 0.00614. The third-order valence-corrected chi connectivity index (χ3v) is 13.8. The van der Waals surface area contributed by atoms with Gasteiger partial charge < -0.3 is 29.9 Å². The van der Waals surface area contributed by atoms with Crippen LogP contribution in [-0.2, 0) is 25.7 Å². The van der Waals surface area contributed by atoms with Gasteiger partial charge in [-0.1, -0.05) is 94.4 Å². The summed E-state index contributed by atoms with van der Waals surface area (Å²) in [6.45, 7) is 22.9. The third kappa shape index (κ3) is 7.82. The normalized spacial score (nSPS) is 13.0. The Morgan fingerprint density at radius 3 is 0.973 bits per heavy atom. The lowest BCUT2D eigenvalue weighted by Crippen LogP contribution is -2.28. The topological polar surface area (TPSA) is 192 Å². The summed E-state index contributed by atoms with van der Waals surface area (Å²) in [6, 6.07) is 32.5. The quantitative estimate of drug-likeness (QED) is 0.0966. The molecule has 0 unspecified atom stereocenters. The highest BCUT2D eigenvalue weighted by Gasteiger charge is 2.32. The third-order valence-electron chi connectivity index (χ3n) is 13.8. The fraction of sp³-hybridized carbons (Fsp3) is 0.304. The number of phenolic OH excluding ortho intramolecular Hbond substituents is 3. The molecule has 0 atom stereocenters. The summed E-state index contributed by atoms with van der Waals surface area (Å²) < 4.78 is 22.7. The van der Waals surface area contributed by atoms with Crippen LogP contribution in [0.1, 0.15) is 124 Å². The Morgan fingerprint density at radius 1 is 0.392 bits per heavy atom. The number of aromatic hydroxyl groups is 3. The van der Waals surface area contributed by atoms with E-state index < -0.39 is 23.3 Å². The molecule has 0 saturated heterocycles. The first kappa shape index (κ1) is 47.6. The fourth-order valence-corrected chi connectivity index (χ4v) is 9.21. The lowest BCUT2D eigenvalue weighted by Gasteiger charge is -2.23. The highest BCUT2D eigenvalue weighted by Crippen LogP contribution is 2.38. The van der Waals surface area contributed by atoms with Crippen LogP contribution >= 0.6 is 0 Å². The molecule has 4 N–H and O–H groups in total. The van der Waals surface area contributed by atoms with Gasteiger partial charge in [-0.2, -0.15) is 0 Å². The molecular weight excluding hydrogens is 943 g/mol. The number of carbonyl (C=O) groups is 3. The van der Waals surface area contributed by atoms with E-state index in [1.54, 1.807) is 60.7 Å². The number of carboxylic acids is 1. The number of ether oxygens (including phenoxy) is 2. The van der Waals surface area contributed by atoms with Gasteiger partial charge in [0.1, 0.15) is 67.4 Å². The minimum Gasteiger partial charge on any atom is -0.506 e. The minimum atomic E-state index is -0.947. The van der Waals surface area contributed by atoms with Crippen molar-refractivity contribution in [1.82, 2.24) is 42.2 Å². The summed E-state index contributed by atoms with van der Waals surface area (Å²) in [6.07, 6.45) is 0. The number of phenols is 3. The molecular formula is C56H59N9O9. The first-order valence-electron chi connectivity index (χ1n) is 24.4. The Morgan fingerprint density at radius 2 is 0.676 bits per heavy atom. The van der Waals surface area contributed by atoms with Gasteiger partial charge >= 0.3 is 17.9 Å². The van der Waals surface area contributed by atoms with Crippen LogP contribution in [0.25, 0.3) is 50.2 Å². The van der Waals surface area contributed by atoms with Gasteiger partial charge in [0, 0.05) is 5.41 Å². The predicted octanol–water partition coefficient (Wildman–Crippen LogP) is 10.3. The van der Waals surface area contributed by atoms with E-state index >= 15 is 0 Å². The van der Waals surface area contributed by atoms with Gasteiger partial charge in [-0.05, 0) is 124 Å². The number of carboxylic acid groups (broad SMARTS) is 1. The average molecular weight is 1000 g/mol. The van der Waals surface area contributed by atoms with Crippen molar-refractivity contribution in [3.8, 4) is 34.3 Å². The molecule has 382 valence electrons. The van der Waals surface area contributed by atoms with Crippen LogP contribution in [-0.4, -0.2) is 93.7 Å². The Hall–Kier alpha value is -8.67. The van der Waals surface area contributed by atoms with Crippen LogP contribution in [0.5, 0.6) is 17.2 Å². The second-order valence-electron chi connectivity index (χ2n) is 23.2. The summed E-state index contributed by atoms with van der Waals surface area (Å²) in [4.78, 5) is 42.9. The summed E-state index contributed by atoms with van der Waals surface area (Å²) in [5.41, 5.74) is 10.8. The lowest BCUT2D eigenvalue weighted by atomic mass is 9.87. The molecule has 0 amide bonds. The summed E-state index contributed by atoms with van der Waals surface area (Å²) >= 11 is 0. The van der Waals surface area contributed by atoms with Crippen molar-refractivity contribution >= 4 is 51.0 Å². The van der Waals surface area contributed by atoms with Gasteiger partial charge in [0.25, 0.3) is 0 Å². The predicted molar refractivity (Wildman–Crippen MR) is 279 cm³/mol. The van der Waals surface area contributed by atoms with Gasteiger partial charge in [0.2, 0.25) is 0 Å². The molecule has 6 aromatic heterocycles. The molecule has 0 fully saturated rings. The molecule has 6 heterocycles. The number of aromatic nitrogens is 9. The van der Waals surface area contributed by atoms with Gasteiger partial charge in [-0.25, -0.2) is 14.4 Å². The smallest absolute Gasteiger partial charge is 0.338 e. The van der Waals surface area contributed by atoms with Crippen molar-refractivity contribution in [1.29, 1.82) is 0 Å². The van der Waals surface area contributed by atoms with E-state index in [4.69, 9.17) is 14.6 Å². The van der Waals surface area contributed by atoms with Crippen LogP contribution in [0.2, 0.25) is 0 Å². The first-order chi connectivity index (χ1) is 34.7. The van der Waals surface area contributed by atoms with Crippen LogP contribution < -0.4 is 0 Å². The molecule has 18 heteroatoms.